The number of nitrogens with zero attached hydrogens (tertiary/aromatic N) is 1. The third-order valence-electron chi connectivity index (χ3n) is 2.99. The van der Waals surface area contributed by atoms with Gasteiger partial charge in [-0.05, 0) is 17.7 Å². The number of hydrogen-bond donors (Lipinski definition) is 1. The number of nitrogens with one attached hydrogen (secondary N) is 1. The van der Waals surface area contributed by atoms with Crippen LogP contribution in [0.25, 0.3) is 0 Å². The normalized spacial score (nSPS) is 12.6. The summed E-state index contributed by atoms with van der Waals surface area (Å²) in [6, 6.07) is 3.60. The van der Waals surface area contributed by atoms with Crippen LogP contribution >= 0.6 is 15.9 Å². The fourth-order valence-electron chi connectivity index (χ4n) is 1.94. The molecular weight excluding hydrogens is 365 g/mol. The summed E-state index contributed by atoms with van der Waals surface area (Å²) >= 11 is 3.16. The minimum absolute atomic E-state index is 0.00339. The Balaban J connectivity index is 2.90. The van der Waals surface area contributed by atoms with E-state index in [4.69, 9.17) is 0 Å². The maximum atomic E-state index is 13.3. The van der Waals surface area contributed by atoms with Crippen LogP contribution in [0.15, 0.2) is 28.7 Å². The SMILES string of the molecule is CC(=O)NCCC(=O)N(C)[C@@H](c1ccc(Br)cc1)C(F)(F)F. The third-order valence-corrected chi connectivity index (χ3v) is 3.52. The molecule has 2 amide bonds. The number of alkyl halides is 3. The van der Waals surface area contributed by atoms with Crippen molar-refractivity contribution in [3.8, 4) is 0 Å². The summed E-state index contributed by atoms with van der Waals surface area (Å²) < 4.78 is 40.5. The minimum Gasteiger partial charge on any atom is -0.356 e. The molecule has 1 rings (SSSR count). The maximum absolute atomic E-state index is 13.3. The summed E-state index contributed by atoms with van der Waals surface area (Å²) in [4.78, 5) is 23.3. The second kappa shape index (κ2) is 7.62. The number of amides is 2. The lowest BCUT2D eigenvalue weighted by Crippen LogP contribution is -2.40. The van der Waals surface area contributed by atoms with Gasteiger partial charge < -0.3 is 10.2 Å². The van der Waals surface area contributed by atoms with Crippen molar-refractivity contribution in [3.63, 3.8) is 0 Å². The summed E-state index contributed by atoms with van der Waals surface area (Å²) in [5, 5.41) is 2.38. The van der Waals surface area contributed by atoms with Gasteiger partial charge in [0.15, 0.2) is 6.04 Å². The van der Waals surface area contributed by atoms with E-state index in [0.29, 0.717) is 9.37 Å². The number of halogens is 4. The Hall–Kier alpha value is -1.57. The fraction of sp³-hybridized carbons (Fsp3) is 0.429. The molecule has 1 atom stereocenters. The van der Waals surface area contributed by atoms with Gasteiger partial charge >= 0.3 is 6.18 Å². The van der Waals surface area contributed by atoms with Crippen LogP contribution in [-0.2, 0) is 9.59 Å². The van der Waals surface area contributed by atoms with Crippen molar-refractivity contribution in [1.29, 1.82) is 0 Å². The smallest absolute Gasteiger partial charge is 0.356 e. The summed E-state index contributed by atoms with van der Waals surface area (Å²) in [7, 11) is 1.11. The van der Waals surface area contributed by atoms with Crippen LogP contribution in [0.5, 0.6) is 0 Å². The Morgan fingerprint density at radius 1 is 1.27 bits per heavy atom. The molecule has 0 aliphatic carbocycles. The lowest BCUT2D eigenvalue weighted by Gasteiger charge is -2.30. The average Bonchev–Trinajstić information content (AvgIpc) is 2.39. The van der Waals surface area contributed by atoms with E-state index < -0.39 is 18.1 Å². The number of carbonyl (C=O) groups excluding carboxylic acids is 2. The summed E-state index contributed by atoms with van der Waals surface area (Å²) in [6.07, 6.45) is -4.79. The van der Waals surface area contributed by atoms with Crippen LogP contribution in [0.4, 0.5) is 13.2 Å². The molecule has 1 aromatic rings. The van der Waals surface area contributed by atoms with Gasteiger partial charge in [-0.25, -0.2) is 0 Å². The van der Waals surface area contributed by atoms with Crippen LogP contribution in [0, 0.1) is 0 Å². The largest absolute Gasteiger partial charge is 0.413 e. The topological polar surface area (TPSA) is 49.4 Å². The first-order chi connectivity index (χ1) is 10.1. The maximum Gasteiger partial charge on any atom is 0.413 e. The van der Waals surface area contributed by atoms with E-state index in [1.165, 1.54) is 31.2 Å². The molecule has 0 saturated carbocycles. The molecule has 22 heavy (non-hydrogen) atoms. The van der Waals surface area contributed by atoms with Gasteiger partial charge in [-0.3, -0.25) is 9.59 Å². The van der Waals surface area contributed by atoms with E-state index in [1.54, 1.807) is 0 Å². The molecule has 0 aliphatic rings. The molecule has 0 unspecified atom stereocenters. The van der Waals surface area contributed by atoms with Crippen LogP contribution in [-0.4, -0.2) is 36.5 Å². The fourth-order valence-corrected chi connectivity index (χ4v) is 2.21. The summed E-state index contributed by atoms with van der Waals surface area (Å²) in [5.74, 6) is -1.03. The predicted molar refractivity (Wildman–Crippen MR) is 79.0 cm³/mol. The van der Waals surface area contributed by atoms with Crippen molar-refractivity contribution in [3.05, 3.63) is 34.3 Å². The van der Waals surface area contributed by atoms with Gasteiger partial charge in [0.25, 0.3) is 0 Å². The first-order valence-corrected chi connectivity index (χ1v) is 7.24. The Bertz CT molecular complexity index is 532. The van der Waals surface area contributed by atoms with E-state index in [0.717, 1.165) is 7.05 Å². The molecule has 0 saturated heterocycles. The molecule has 1 aromatic carbocycles. The first-order valence-electron chi connectivity index (χ1n) is 6.45. The van der Waals surface area contributed by atoms with Crippen molar-refractivity contribution in [1.82, 2.24) is 10.2 Å². The van der Waals surface area contributed by atoms with Gasteiger partial charge in [0, 0.05) is 31.4 Å². The molecule has 0 radical (unpaired) electrons. The molecule has 0 aliphatic heterocycles. The molecule has 0 fully saturated rings. The van der Waals surface area contributed by atoms with Gasteiger partial charge in [0.05, 0.1) is 0 Å². The van der Waals surface area contributed by atoms with Crippen molar-refractivity contribution in [2.24, 2.45) is 0 Å². The Morgan fingerprint density at radius 2 is 1.82 bits per heavy atom. The molecule has 8 heteroatoms. The monoisotopic (exact) mass is 380 g/mol. The van der Waals surface area contributed by atoms with E-state index >= 15 is 0 Å². The predicted octanol–water partition coefficient (Wildman–Crippen LogP) is 3.04. The van der Waals surface area contributed by atoms with E-state index in [9.17, 15) is 22.8 Å². The molecule has 1 N–H and O–H groups in total. The molecule has 0 bridgehead atoms. The van der Waals surface area contributed by atoms with Crippen molar-refractivity contribution >= 4 is 27.7 Å². The van der Waals surface area contributed by atoms with Crippen LogP contribution in [0.3, 0.4) is 0 Å². The zero-order chi connectivity index (χ0) is 16.9. The molecule has 0 aromatic heterocycles. The number of benzene rings is 1. The Morgan fingerprint density at radius 3 is 2.27 bits per heavy atom. The third kappa shape index (κ3) is 5.32. The lowest BCUT2D eigenvalue weighted by atomic mass is 10.0. The highest BCUT2D eigenvalue weighted by Crippen LogP contribution is 2.37. The second-order valence-corrected chi connectivity index (χ2v) is 5.65. The highest BCUT2D eigenvalue weighted by atomic mass is 79.9. The summed E-state index contributed by atoms with van der Waals surface area (Å²) in [5.41, 5.74) is -0.0222. The second-order valence-electron chi connectivity index (χ2n) is 4.73. The lowest BCUT2D eigenvalue weighted by molar-refractivity contribution is -0.188. The summed E-state index contributed by atoms with van der Waals surface area (Å²) in [6.45, 7) is 1.28. The zero-order valence-electron chi connectivity index (χ0n) is 12.1. The standard InChI is InChI=1S/C14H16BrF3N2O2/c1-9(21)19-8-7-12(22)20(2)13(14(16,17)18)10-3-5-11(15)6-4-10/h3-6,13H,7-8H2,1-2H3,(H,19,21)/t13-/m0/s1. The molecule has 122 valence electrons. The minimum atomic E-state index is -4.59. The van der Waals surface area contributed by atoms with Crippen LogP contribution < -0.4 is 5.32 Å². The van der Waals surface area contributed by atoms with Crippen molar-refractivity contribution < 1.29 is 22.8 Å². The molecule has 0 heterocycles. The van der Waals surface area contributed by atoms with Gasteiger partial charge in [0.2, 0.25) is 11.8 Å². The van der Waals surface area contributed by atoms with Crippen LogP contribution in [0.2, 0.25) is 0 Å². The van der Waals surface area contributed by atoms with Gasteiger partial charge in [-0.1, -0.05) is 28.1 Å². The number of carbonyl (C=O) groups is 2. The zero-order valence-corrected chi connectivity index (χ0v) is 13.7. The Kier molecular flexibility index (Phi) is 6.40. The molecular formula is C14H16BrF3N2O2. The first kappa shape index (κ1) is 18.5. The average molecular weight is 381 g/mol. The van der Waals surface area contributed by atoms with Crippen LogP contribution in [0.1, 0.15) is 24.9 Å². The van der Waals surface area contributed by atoms with E-state index in [1.807, 2.05) is 0 Å². The Labute approximate surface area is 134 Å². The highest BCUT2D eigenvalue weighted by molar-refractivity contribution is 9.10. The number of rotatable bonds is 5. The van der Waals surface area contributed by atoms with Gasteiger partial charge in [0.1, 0.15) is 0 Å². The number of hydrogen-bond acceptors (Lipinski definition) is 2. The highest BCUT2D eigenvalue weighted by Gasteiger charge is 2.44. The van der Waals surface area contributed by atoms with E-state index in [-0.39, 0.29) is 24.4 Å². The van der Waals surface area contributed by atoms with Crippen molar-refractivity contribution in [2.45, 2.75) is 25.6 Å². The van der Waals surface area contributed by atoms with E-state index in [2.05, 4.69) is 21.2 Å². The molecule has 4 nitrogen and oxygen atoms in total. The van der Waals surface area contributed by atoms with Gasteiger partial charge in [-0.15, -0.1) is 0 Å². The van der Waals surface area contributed by atoms with Crippen molar-refractivity contribution in [2.75, 3.05) is 13.6 Å². The van der Waals surface area contributed by atoms with Gasteiger partial charge in [-0.2, -0.15) is 13.2 Å². The molecule has 0 spiro atoms. The quantitative estimate of drug-likeness (QED) is 0.853.